The molecule has 1 aromatic rings. The van der Waals surface area contributed by atoms with Crippen molar-refractivity contribution in [2.75, 3.05) is 19.8 Å². The van der Waals surface area contributed by atoms with E-state index in [2.05, 4.69) is 30.2 Å². The van der Waals surface area contributed by atoms with Crippen molar-refractivity contribution in [1.82, 2.24) is 10.3 Å². The van der Waals surface area contributed by atoms with Gasteiger partial charge < -0.3 is 14.8 Å². The molecule has 0 bridgehead atoms. The van der Waals surface area contributed by atoms with E-state index in [1.54, 1.807) is 0 Å². The maximum absolute atomic E-state index is 5.59. The zero-order valence-electron chi connectivity index (χ0n) is 10.5. The number of aromatic nitrogens is 1. The molecule has 1 aliphatic heterocycles. The summed E-state index contributed by atoms with van der Waals surface area (Å²) >= 11 is 0. The molecule has 0 aromatic carbocycles. The lowest BCUT2D eigenvalue weighted by molar-refractivity contribution is -0.0813. The van der Waals surface area contributed by atoms with Crippen LogP contribution in [0.1, 0.15) is 19.4 Å². The first-order valence-corrected chi connectivity index (χ1v) is 6.14. The molecule has 0 aliphatic carbocycles. The third-order valence-corrected chi connectivity index (χ3v) is 2.57. The molecule has 17 heavy (non-hydrogen) atoms. The molecule has 1 fully saturated rings. The van der Waals surface area contributed by atoms with Gasteiger partial charge in [-0.15, -0.1) is 0 Å². The van der Waals surface area contributed by atoms with Gasteiger partial charge in [0, 0.05) is 18.8 Å². The molecule has 2 rings (SSSR count). The lowest BCUT2D eigenvalue weighted by Gasteiger charge is -2.26. The average molecular weight is 236 g/mol. The summed E-state index contributed by atoms with van der Waals surface area (Å²) in [5, 5.41) is 3.38. The van der Waals surface area contributed by atoms with E-state index in [1.165, 1.54) is 5.56 Å². The highest BCUT2D eigenvalue weighted by atomic mass is 16.6. The molecule has 0 saturated carbocycles. The third kappa shape index (κ3) is 3.98. The number of hydrogen-bond donors (Lipinski definition) is 1. The average Bonchev–Trinajstić information content (AvgIpc) is 2.25. The topological polar surface area (TPSA) is 43.4 Å². The molecule has 1 aromatic heterocycles. The van der Waals surface area contributed by atoms with Crippen molar-refractivity contribution in [3.05, 3.63) is 23.9 Å². The van der Waals surface area contributed by atoms with Gasteiger partial charge in [0.1, 0.15) is 6.10 Å². The normalized spacial score (nSPS) is 15.9. The summed E-state index contributed by atoms with van der Waals surface area (Å²) in [7, 11) is 0. The second-order valence-electron chi connectivity index (χ2n) is 4.81. The van der Waals surface area contributed by atoms with Crippen LogP contribution in [0.3, 0.4) is 0 Å². The lowest BCUT2D eigenvalue weighted by atomic mass is 10.2. The third-order valence-electron chi connectivity index (χ3n) is 2.57. The van der Waals surface area contributed by atoms with Gasteiger partial charge in [0.25, 0.3) is 0 Å². The Balaban J connectivity index is 1.76. The van der Waals surface area contributed by atoms with Crippen molar-refractivity contribution in [2.45, 2.75) is 26.5 Å². The zero-order valence-corrected chi connectivity index (χ0v) is 10.5. The first-order valence-electron chi connectivity index (χ1n) is 6.14. The van der Waals surface area contributed by atoms with Crippen molar-refractivity contribution in [3.8, 4) is 5.88 Å². The number of nitrogens with zero attached hydrogens (tertiary/aromatic N) is 1. The summed E-state index contributed by atoms with van der Waals surface area (Å²) in [5.41, 5.74) is 1.18. The monoisotopic (exact) mass is 236 g/mol. The highest BCUT2D eigenvalue weighted by Gasteiger charge is 2.20. The summed E-state index contributed by atoms with van der Waals surface area (Å²) in [6, 6.07) is 3.97. The van der Waals surface area contributed by atoms with E-state index in [1.807, 2.05) is 12.3 Å². The minimum absolute atomic E-state index is 0.187. The SMILES string of the molecule is CC(C)CNCc1ccc(OC2COC2)nc1. The molecule has 4 nitrogen and oxygen atoms in total. The summed E-state index contributed by atoms with van der Waals surface area (Å²) in [5.74, 6) is 1.36. The van der Waals surface area contributed by atoms with Gasteiger partial charge in [0.05, 0.1) is 13.2 Å². The van der Waals surface area contributed by atoms with Crippen LogP contribution in [0.15, 0.2) is 18.3 Å². The fourth-order valence-corrected chi connectivity index (χ4v) is 1.54. The van der Waals surface area contributed by atoms with Crippen LogP contribution in [0.25, 0.3) is 0 Å². The number of hydrogen-bond acceptors (Lipinski definition) is 4. The Morgan fingerprint density at radius 1 is 1.47 bits per heavy atom. The first-order chi connectivity index (χ1) is 8.24. The van der Waals surface area contributed by atoms with Crippen LogP contribution in [0, 0.1) is 5.92 Å². The lowest BCUT2D eigenvalue weighted by Crippen LogP contribution is -2.38. The number of pyridine rings is 1. The van der Waals surface area contributed by atoms with Crippen molar-refractivity contribution in [2.24, 2.45) is 5.92 Å². The minimum atomic E-state index is 0.187. The van der Waals surface area contributed by atoms with Crippen molar-refractivity contribution in [1.29, 1.82) is 0 Å². The van der Waals surface area contributed by atoms with Crippen LogP contribution in [0.2, 0.25) is 0 Å². The summed E-state index contributed by atoms with van der Waals surface area (Å²) in [4.78, 5) is 4.28. The van der Waals surface area contributed by atoms with E-state index < -0.39 is 0 Å². The van der Waals surface area contributed by atoms with Crippen molar-refractivity contribution >= 4 is 0 Å². The Hall–Kier alpha value is -1.13. The minimum Gasteiger partial charge on any atom is -0.469 e. The van der Waals surface area contributed by atoms with Crippen LogP contribution in [0.5, 0.6) is 5.88 Å². The molecule has 94 valence electrons. The predicted molar refractivity (Wildman–Crippen MR) is 66.0 cm³/mol. The number of ether oxygens (including phenoxy) is 2. The smallest absolute Gasteiger partial charge is 0.213 e. The molecule has 4 heteroatoms. The van der Waals surface area contributed by atoms with Crippen molar-refractivity contribution in [3.63, 3.8) is 0 Å². The van der Waals surface area contributed by atoms with E-state index in [0.717, 1.165) is 13.1 Å². The molecule has 1 saturated heterocycles. The van der Waals surface area contributed by atoms with Crippen LogP contribution in [0.4, 0.5) is 0 Å². The van der Waals surface area contributed by atoms with Crippen molar-refractivity contribution < 1.29 is 9.47 Å². The fraction of sp³-hybridized carbons (Fsp3) is 0.615. The van der Waals surface area contributed by atoms with Gasteiger partial charge in [-0.05, 0) is 18.0 Å². The standard InChI is InChI=1S/C13H20N2O2/c1-10(2)5-14-6-11-3-4-13(15-7-11)17-12-8-16-9-12/h3-4,7,10,12,14H,5-6,8-9H2,1-2H3. The Morgan fingerprint density at radius 3 is 2.82 bits per heavy atom. The van der Waals surface area contributed by atoms with Gasteiger partial charge in [0.2, 0.25) is 5.88 Å². The molecule has 1 N–H and O–H groups in total. The molecule has 2 heterocycles. The summed E-state index contributed by atoms with van der Waals surface area (Å²) < 4.78 is 10.6. The van der Waals surface area contributed by atoms with Crippen LogP contribution >= 0.6 is 0 Å². The van der Waals surface area contributed by atoms with Crippen LogP contribution in [-0.4, -0.2) is 30.8 Å². The van der Waals surface area contributed by atoms with Crippen LogP contribution < -0.4 is 10.1 Å². The predicted octanol–water partition coefficient (Wildman–Crippen LogP) is 1.60. The largest absolute Gasteiger partial charge is 0.469 e. The van der Waals surface area contributed by atoms with Crippen LogP contribution in [-0.2, 0) is 11.3 Å². The Bertz CT molecular complexity index is 334. The molecular weight excluding hydrogens is 216 g/mol. The Labute approximate surface area is 102 Å². The van der Waals surface area contributed by atoms with Gasteiger partial charge in [-0.2, -0.15) is 0 Å². The Morgan fingerprint density at radius 2 is 2.29 bits per heavy atom. The number of nitrogens with one attached hydrogen (secondary N) is 1. The second kappa shape index (κ2) is 5.98. The van der Waals surface area contributed by atoms with E-state index in [4.69, 9.17) is 9.47 Å². The molecule has 0 atom stereocenters. The molecular formula is C13H20N2O2. The maximum atomic E-state index is 5.59. The van der Waals surface area contributed by atoms with Gasteiger partial charge >= 0.3 is 0 Å². The van der Waals surface area contributed by atoms with Gasteiger partial charge in [-0.25, -0.2) is 4.98 Å². The maximum Gasteiger partial charge on any atom is 0.213 e. The fourth-order valence-electron chi connectivity index (χ4n) is 1.54. The Kier molecular flexibility index (Phi) is 4.34. The zero-order chi connectivity index (χ0) is 12.1. The first kappa shape index (κ1) is 12.3. The van der Waals surface area contributed by atoms with Gasteiger partial charge in [-0.3, -0.25) is 0 Å². The molecule has 0 radical (unpaired) electrons. The van der Waals surface area contributed by atoms with E-state index in [-0.39, 0.29) is 6.10 Å². The van der Waals surface area contributed by atoms with Gasteiger partial charge in [-0.1, -0.05) is 19.9 Å². The van der Waals surface area contributed by atoms with E-state index in [9.17, 15) is 0 Å². The molecule has 0 unspecified atom stereocenters. The van der Waals surface area contributed by atoms with E-state index >= 15 is 0 Å². The molecule has 0 spiro atoms. The summed E-state index contributed by atoms with van der Waals surface area (Å²) in [6.45, 7) is 7.64. The van der Waals surface area contributed by atoms with Gasteiger partial charge in [0.15, 0.2) is 0 Å². The highest BCUT2D eigenvalue weighted by Crippen LogP contribution is 2.13. The second-order valence-corrected chi connectivity index (χ2v) is 4.81. The molecule has 0 amide bonds. The highest BCUT2D eigenvalue weighted by molar-refractivity contribution is 5.18. The molecule has 1 aliphatic rings. The quantitative estimate of drug-likeness (QED) is 0.815. The van der Waals surface area contributed by atoms with E-state index in [0.29, 0.717) is 25.0 Å². The summed E-state index contributed by atoms with van der Waals surface area (Å²) in [6.07, 6.45) is 2.05. The number of rotatable bonds is 6.